The van der Waals surface area contributed by atoms with Crippen molar-refractivity contribution in [2.75, 3.05) is 13.6 Å². The molecule has 1 aliphatic carbocycles. The second kappa shape index (κ2) is 4.57. The third-order valence-electron chi connectivity index (χ3n) is 3.39. The van der Waals surface area contributed by atoms with Gasteiger partial charge in [0.25, 0.3) is 6.01 Å². The number of rotatable bonds is 4. The molecular formula is C13H16FN3O. The van der Waals surface area contributed by atoms with E-state index in [9.17, 15) is 4.39 Å². The number of imidazole rings is 1. The van der Waals surface area contributed by atoms with Crippen molar-refractivity contribution in [1.82, 2.24) is 15.3 Å². The minimum absolute atomic E-state index is 0.230. The fourth-order valence-corrected chi connectivity index (χ4v) is 2.40. The summed E-state index contributed by atoms with van der Waals surface area (Å²) in [5.74, 6) is 0.428. The highest BCUT2D eigenvalue weighted by atomic mass is 19.1. The van der Waals surface area contributed by atoms with E-state index in [1.807, 2.05) is 7.05 Å². The molecule has 1 aromatic heterocycles. The standard InChI is InChI=1S/C13H16FN3O/c1-15-7-8-4-10(5-8)18-13-16-11-3-2-9(14)6-12(11)17-13/h2-3,6,8,10,15H,4-5,7H2,1H3,(H,16,17). The summed E-state index contributed by atoms with van der Waals surface area (Å²) in [6, 6.07) is 4.97. The summed E-state index contributed by atoms with van der Waals surface area (Å²) in [5, 5.41) is 3.16. The number of hydrogen-bond acceptors (Lipinski definition) is 3. The van der Waals surface area contributed by atoms with Crippen LogP contribution in [-0.4, -0.2) is 29.7 Å². The number of nitrogens with one attached hydrogen (secondary N) is 2. The highest BCUT2D eigenvalue weighted by Gasteiger charge is 2.30. The van der Waals surface area contributed by atoms with Crippen LogP contribution in [0, 0.1) is 11.7 Å². The van der Waals surface area contributed by atoms with Crippen molar-refractivity contribution in [1.29, 1.82) is 0 Å². The van der Waals surface area contributed by atoms with Crippen LogP contribution in [0.4, 0.5) is 4.39 Å². The molecule has 1 aromatic carbocycles. The summed E-state index contributed by atoms with van der Waals surface area (Å²) in [5.41, 5.74) is 1.41. The van der Waals surface area contributed by atoms with Gasteiger partial charge in [-0.3, -0.25) is 0 Å². The molecule has 0 saturated heterocycles. The molecule has 2 N–H and O–H groups in total. The van der Waals surface area contributed by atoms with Crippen LogP contribution in [0.2, 0.25) is 0 Å². The van der Waals surface area contributed by atoms with Crippen LogP contribution >= 0.6 is 0 Å². The van der Waals surface area contributed by atoms with E-state index in [1.165, 1.54) is 12.1 Å². The SMILES string of the molecule is CNCC1CC(Oc2nc3ccc(F)cc3[nH]2)C1. The second-order valence-corrected chi connectivity index (χ2v) is 4.84. The van der Waals surface area contributed by atoms with Gasteiger partial charge in [0.1, 0.15) is 11.9 Å². The first kappa shape index (κ1) is 11.5. The van der Waals surface area contributed by atoms with Crippen molar-refractivity contribution in [3.63, 3.8) is 0 Å². The van der Waals surface area contributed by atoms with Gasteiger partial charge < -0.3 is 15.0 Å². The summed E-state index contributed by atoms with van der Waals surface area (Å²) in [4.78, 5) is 7.28. The van der Waals surface area contributed by atoms with E-state index in [-0.39, 0.29) is 11.9 Å². The molecule has 0 spiro atoms. The molecule has 18 heavy (non-hydrogen) atoms. The predicted molar refractivity (Wildman–Crippen MR) is 67.1 cm³/mol. The Kier molecular flexibility index (Phi) is 2.91. The van der Waals surface area contributed by atoms with Crippen LogP contribution in [0.1, 0.15) is 12.8 Å². The minimum atomic E-state index is -0.268. The van der Waals surface area contributed by atoms with E-state index in [2.05, 4.69) is 15.3 Å². The van der Waals surface area contributed by atoms with Crippen LogP contribution in [-0.2, 0) is 0 Å². The van der Waals surface area contributed by atoms with Gasteiger partial charge in [0.05, 0.1) is 11.0 Å². The third kappa shape index (κ3) is 2.18. The molecule has 4 nitrogen and oxygen atoms in total. The average molecular weight is 249 g/mol. The van der Waals surface area contributed by atoms with Gasteiger partial charge >= 0.3 is 0 Å². The van der Waals surface area contributed by atoms with Crippen molar-refractivity contribution in [3.05, 3.63) is 24.0 Å². The lowest BCUT2D eigenvalue weighted by Crippen LogP contribution is -2.38. The largest absolute Gasteiger partial charge is 0.461 e. The Hall–Kier alpha value is -1.62. The number of benzene rings is 1. The number of aromatic nitrogens is 2. The first-order valence-corrected chi connectivity index (χ1v) is 6.21. The molecule has 1 fully saturated rings. The van der Waals surface area contributed by atoms with Crippen molar-refractivity contribution in [2.45, 2.75) is 18.9 Å². The zero-order valence-corrected chi connectivity index (χ0v) is 10.2. The maximum Gasteiger partial charge on any atom is 0.294 e. The molecule has 3 rings (SSSR count). The highest BCUT2D eigenvalue weighted by Crippen LogP contribution is 2.30. The molecule has 5 heteroatoms. The number of fused-ring (bicyclic) bond motifs is 1. The topological polar surface area (TPSA) is 49.9 Å². The van der Waals surface area contributed by atoms with Crippen molar-refractivity contribution in [3.8, 4) is 6.01 Å². The van der Waals surface area contributed by atoms with Gasteiger partial charge in [-0.1, -0.05) is 0 Å². The van der Waals surface area contributed by atoms with Crippen LogP contribution in [0.5, 0.6) is 6.01 Å². The third-order valence-corrected chi connectivity index (χ3v) is 3.39. The number of halogens is 1. The first-order valence-electron chi connectivity index (χ1n) is 6.21. The average Bonchev–Trinajstić information content (AvgIpc) is 2.68. The Bertz CT molecular complexity index is 548. The van der Waals surface area contributed by atoms with Crippen LogP contribution in [0.3, 0.4) is 0 Å². The quantitative estimate of drug-likeness (QED) is 0.872. The molecule has 0 unspecified atom stereocenters. The zero-order chi connectivity index (χ0) is 12.5. The number of nitrogens with zero attached hydrogens (tertiary/aromatic N) is 1. The predicted octanol–water partition coefficient (Wildman–Crippen LogP) is 2.08. The fraction of sp³-hybridized carbons (Fsp3) is 0.462. The van der Waals surface area contributed by atoms with Gasteiger partial charge in [0, 0.05) is 0 Å². The molecule has 0 aliphatic heterocycles. The van der Waals surface area contributed by atoms with Gasteiger partial charge in [-0.15, -0.1) is 0 Å². The molecule has 96 valence electrons. The molecule has 2 aromatic rings. The van der Waals surface area contributed by atoms with Crippen LogP contribution in [0.15, 0.2) is 18.2 Å². The Morgan fingerprint density at radius 3 is 3.11 bits per heavy atom. The molecular weight excluding hydrogens is 233 g/mol. The number of H-pyrrole nitrogens is 1. The normalized spacial score (nSPS) is 23.0. The number of ether oxygens (including phenoxy) is 1. The summed E-state index contributed by atoms with van der Waals surface area (Å²) >= 11 is 0. The van der Waals surface area contributed by atoms with Crippen molar-refractivity contribution < 1.29 is 9.13 Å². The Morgan fingerprint density at radius 2 is 2.33 bits per heavy atom. The molecule has 0 amide bonds. The molecule has 1 heterocycles. The van der Waals surface area contributed by atoms with Crippen molar-refractivity contribution >= 4 is 11.0 Å². The van der Waals surface area contributed by atoms with E-state index in [0.717, 1.165) is 24.9 Å². The van der Waals surface area contributed by atoms with Gasteiger partial charge in [-0.2, -0.15) is 4.98 Å². The maximum absolute atomic E-state index is 13.0. The Balaban J connectivity index is 1.65. The first-order chi connectivity index (χ1) is 8.74. The Morgan fingerprint density at radius 1 is 1.50 bits per heavy atom. The summed E-state index contributed by atoms with van der Waals surface area (Å²) in [7, 11) is 1.96. The van der Waals surface area contributed by atoms with E-state index in [0.29, 0.717) is 17.4 Å². The maximum atomic E-state index is 13.0. The summed E-state index contributed by atoms with van der Waals surface area (Å²) in [6.45, 7) is 1.03. The Labute approximate surface area is 105 Å². The zero-order valence-electron chi connectivity index (χ0n) is 10.2. The van der Waals surface area contributed by atoms with E-state index in [1.54, 1.807) is 6.07 Å². The highest BCUT2D eigenvalue weighted by molar-refractivity contribution is 5.75. The lowest BCUT2D eigenvalue weighted by Gasteiger charge is -2.34. The monoisotopic (exact) mass is 249 g/mol. The molecule has 0 radical (unpaired) electrons. The molecule has 0 atom stereocenters. The number of hydrogen-bond donors (Lipinski definition) is 2. The van der Waals surface area contributed by atoms with Gasteiger partial charge in [0.2, 0.25) is 0 Å². The van der Waals surface area contributed by atoms with Gasteiger partial charge in [0.15, 0.2) is 0 Å². The van der Waals surface area contributed by atoms with E-state index >= 15 is 0 Å². The molecule has 1 saturated carbocycles. The van der Waals surface area contributed by atoms with Crippen molar-refractivity contribution in [2.24, 2.45) is 5.92 Å². The minimum Gasteiger partial charge on any atom is -0.461 e. The molecule has 1 aliphatic rings. The number of aromatic amines is 1. The second-order valence-electron chi connectivity index (χ2n) is 4.84. The lowest BCUT2D eigenvalue weighted by atomic mass is 9.82. The van der Waals surface area contributed by atoms with Crippen LogP contribution < -0.4 is 10.1 Å². The van der Waals surface area contributed by atoms with Gasteiger partial charge in [-0.05, 0) is 50.6 Å². The van der Waals surface area contributed by atoms with Gasteiger partial charge in [-0.25, -0.2) is 4.39 Å². The van der Waals surface area contributed by atoms with E-state index < -0.39 is 0 Å². The van der Waals surface area contributed by atoms with Crippen LogP contribution in [0.25, 0.3) is 11.0 Å². The molecule has 0 bridgehead atoms. The van der Waals surface area contributed by atoms with E-state index in [4.69, 9.17) is 4.74 Å². The summed E-state index contributed by atoms with van der Waals surface area (Å²) in [6.07, 6.45) is 2.33. The fourth-order valence-electron chi connectivity index (χ4n) is 2.40. The smallest absolute Gasteiger partial charge is 0.294 e. The lowest BCUT2D eigenvalue weighted by molar-refractivity contribution is 0.0584. The summed E-state index contributed by atoms with van der Waals surface area (Å²) < 4.78 is 18.8.